The second-order valence-corrected chi connectivity index (χ2v) is 6.80. The van der Waals surface area contributed by atoms with Gasteiger partial charge in [0, 0.05) is 18.2 Å². The molecule has 2 aromatic heterocycles. The Morgan fingerprint density at radius 1 is 1.21 bits per heavy atom. The number of nitrogens with zero attached hydrogens (tertiary/aromatic N) is 5. The molecule has 0 N–H and O–H groups in total. The van der Waals surface area contributed by atoms with E-state index in [0.29, 0.717) is 12.0 Å². The molecule has 2 aliphatic carbocycles. The largest absolute Gasteiger partial charge is 0.302 e. The zero-order chi connectivity index (χ0) is 12.8. The minimum Gasteiger partial charge on any atom is -0.302 e. The van der Waals surface area contributed by atoms with Crippen molar-refractivity contribution in [2.24, 2.45) is 0 Å². The van der Waals surface area contributed by atoms with Crippen molar-refractivity contribution in [2.45, 2.75) is 47.8 Å². The first-order chi connectivity index (χ1) is 9.33. The van der Waals surface area contributed by atoms with E-state index in [2.05, 4.69) is 40.7 Å². The molecule has 0 amide bonds. The molecule has 0 unspecified atom stereocenters. The molecule has 4 rings (SSSR count). The summed E-state index contributed by atoms with van der Waals surface area (Å²) in [6, 6.07) is 0.605. The summed E-state index contributed by atoms with van der Waals surface area (Å²) in [5.41, 5.74) is 0. The molecular formula is C12H12BrN5S. The number of aromatic nitrogens is 5. The zero-order valence-electron chi connectivity index (χ0n) is 10.2. The van der Waals surface area contributed by atoms with Gasteiger partial charge in [-0.15, -0.1) is 10.2 Å². The van der Waals surface area contributed by atoms with E-state index in [1.807, 2.05) is 0 Å². The second kappa shape index (κ2) is 4.56. The Labute approximate surface area is 123 Å². The molecule has 19 heavy (non-hydrogen) atoms. The highest BCUT2D eigenvalue weighted by atomic mass is 79.9. The monoisotopic (exact) mass is 337 g/mol. The molecule has 0 aromatic carbocycles. The Morgan fingerprint density at radius 2 is 2.05 bits per heavy atom. The van der Waals surface area contributed by atoms with Crippen LogP contribution in [0.15, 0.2) is 27.2 Å². The lowest BCUT2D eigenvalue weighted by molar-refractivity contribution is 0.626. The smallest absolute Gasteiger partial charge is 0.197 e. The van der Waals surface area contributed by atoms with Gasteiger partial charge < -0.3 is 4.57 Å². The maximum absolute atomic E-state index is 4.40. The molecular weight excluding hydrogens is 326 g/mol. The molecule has 2 aromatic rings. The topological polar surface area (TPSA) is 56.5 Å². The van der Waals surface area contributed by atoms with Crippen molar-refractivity contribution in [3.8, 4) is 0 Å². The Balaban J connectivity index is 1.69. The Morgan fingerprint density at radius 3 is 2.74 bits per heavy atom. The third kappa shape index (κ3) is 2.29. The van der Waals surface area contributed by atoms with Crippen molar-refractivity contribution in [3.63, 3.8) is 0 Å². The molecule has 2 heterocycles. The molecule has 2 aliphatic rings. The molecule has 0 bridgehead atoms. The average molecular weight is 338 g/mol. The maximum atomic E-state index is 4.40. The van der Waals surface area contributed by atoms with Crippen LogP contribution < -0.4 is 0 Å². The van der Waals surface area contributed by atoms with Gasteiger partial charge in [0.1, 0.15) is 17.2 Å². The van der Waals surface area contributed by atoms with E-state index in [-0.39, 0.29) is 0 Å². The van der Waals surface area contributed by atoms with Gasteiger partial charge in [0.05, 0.1) is 4.47 Å². The summed E-state index contributed by atoms with van der Waals surface area (Å²) >= 11 is 5.04. The third-order valence-corrected chi connectivity index (χ3v) is 5.19. The van der Waals surface area contributed by atoms with Crippen LogP contribution in [-0.2, 0) is 0 Å². The van der Waals surface area contributed by atoms with E-state index in [1.165, 1.54) is 31.5 Å². The van der Waals surface area contributed by atoms with Crippen LogP contribution in [0.4, 0.5) is 0 Å². The summed E-state index contributed by atoms with van der Waals surface area (Å²) in [7, 11) is 0. The molecule has 98 valence electrons. The Bertz CT molecular complexity index is 620. The highest BCUT2D eigenvalue weighted by Gasteiger charge is 2.36. The van der Waals surface area contributed by atoms with Crippen molar-refractivity contribution in [1.29, 1.82) is 0 Å². The van der Waals surface area contributed by atoms with Gasteiger partial charge in [-0.2, -0.15) is 0 Å². The van der Waals surface area contributed by atoms with E-state index in [9.17, 15) is 0 Å². The predicted octanol–water partition coefficient (Wildman–Crippen LogP) is 3.19. The Hall–Kier alpha value is -0.950. The average Bonchev–Trinajstić information content (AvgIpc) is 3.32. The van der Waals surface area contributed by atoms with Gasteiger partial charge in [-0.3, -0.25) is 0 Å². The summed E-state index contributed by atoms with van der Waals surface area (Å²) in [5, 5.41) is 10.6. The van der Waals surface area contributed by atoms with Gasteiger partial charge in [-0.25, -0.2) is 9.97 Å². The van der Waals surface area contributed by atoms with E-state index in [0.717, 1.165) is 14.7 Å². The van der Waals surface area contributed by atoms with Crippen molar-refractivity contribution < 1.29 is 0 Å². The summed E-state index contributed by atoms with van der Waals surface area (Å²) < 4.78 is 3.23. The molecule has 0 aliphatic heterocycles. The van der Waals surface area contributed by atoms with Crippen LogP contribution in [0.5, 0.6) is 0 Å². The van der Waals surface area contributed by atoms with Gasteiger partial charge in [-0.05, 0) is 53.4 Å². The molecule has 0 spiro atoms. The van der Waals surface area contributed by atoms with E-state index in [1.54, 1.807) is 24.3 Å². The van der Waals surface area contributed by atoms with Crippen LogP contribution in [0, 0.1) is 0 Å². The van der Waals surface area contributed by atoms with Crippen LogP contribution in [0.3, 0.4) is 0 Å². The molecule has 0 atom stereocenters. The van der Waals surface area contributed by atoms with Crippen molar-refractivity contribution in [3.05, 3.63) is 22.8 Å². The maximum Gasteiger partial charge on any atom is 0.197 e. The van der Waals surface area contributed by atoms with Crippen LogP contribution in [0.25, 0.3) is 0 Å². The number of halogens is 1. The summed E-state index contributed by atoms with van der Waals surface area (Å²) in [6.45, 7) is 0. The van der Waals surface area contributed by atoms with Gasteiger partial charge >= 0.3 is 0 Å². The Kier molecular flexibility index (Phi) is 2.84. The van der Waals surface area contributed by atoms with Gasteiger partial charge in [-0.1, -0.05) is 0 Å². The minimum absolute atomic E-state index is 0.605. The first-order valence-corrected chi connectivity index (χ1v) is 8.02. The molecule has 0 radical (unpaired) electrons. The normalized spacial score (nSPS) is 18.8. The SMILES string of the molecule is Brc1cncnc1Sc1nnc(C2CC2)n1C1CC1. The van der Waals surface area contributed by atoms with Crippen molar-refractivity contribution in [2.75, 3.05) is 0 Å². The van der Waals surface area contributed by atoms with Crippen LogP contribution in [0.1, 0.15) is 43.5 Å². The van der Waals surface area contributed by atoms with Gasteiger partial charge in [0.2, 0.25) is 0 Å². The fraction of sp³-hybridized carbons (Fsp3) is 0.500. The fourth-order valence-electron chi connectivity index (χ4n) is 2.12. The summed E-state index contributed by atoms with van der Waals surface area (Å²) in [4.78, 5) is 8.27. The molecule has 5 nitrogen and oxygen atoms in total. The molecule has 7 heteroatoms. The number of hydrogen-bond acceptors (Lipinski definition) is 5. The molecule has 2 fully saturated rings. The number of rotatable bonds is 4. The summed E-state index contributed by atoms with van der Waals surface area (Å²) in [5.74, 6) is 1.81. The zero-order valence-corrected chi connectivity index (χ0v) is 12.6. The number of hydrogen-bond donors (Lipinski definition) is 0. The van der Waals surface area contributed by atoms with Crippen LogP contribution in [0.2, 0.25) is 0 Å². The first-order valence-electron chi connectivity index (χ1n) is 6.41. The van der Waals surface area contributed by atoms with Crippen molar-refractivity contribution in [1.82, 2.24) is 24.7 Å². The predicted molar refractivity (Wildman–Crippen MR) is 74.1 cm³/mol. The van der Waals surface area contributed by atoms with Crippen molar-refractivity contribution >= 4 is 27.7 Å². The quantitative estimate of drug-likeness (QED) is 0.802. The van der Waals surface area contributed by atoms with Gasteiger partial charge in [0.15, 0.2) is 5.16 Å². The highest BCUT2D eigenvalue weighted by molar-refractivity contribution is 9.10. The third-order valence-electron chi connectivity index (χ3n) is 3.37. The molecule has 2 saturated carbocycles. The fourth-order valence-corrected chi connectivity index (χ4v) is 3.43. The van der Waals surface area contributed by atoms with E-state index >= 15 is 0 Å². The van der Waals surface area contributed by atoms with E-state index in [4.69, 9.17) is 0 Å². The highest BCUT2D eigenvalue weighted by Crippen LogP contribution is 2.46. The summed E-state index contributed by atoms with van der Waals surface area (Å²) in [6.07, 6.45) is 8.33. The molecule has 0 saturated heterocycles. The van der Waals surface area contributed by atoms with Gasteiger partial charge in [0.25, 0.3) is 0 Å². The van der Waals surface area contributed by atoms with Crippen LogP contribution >= 0.6 is 27.7 Å². The second-order valence-electron chi connectivity index (χ2n) is 4.99. The minimum atomic E-state index is 0.605. The first kappa shape index (κ1) is 11.8. The lowest BCUT2D eigenvalue weighted by atomic mass is 10.4. The standard InChI is InChI=1S/C12H12BrN5S/c13-9-5-14-6-15-11(9)19-12-17-16-10(7-1-2-7)18(12)8-3-4-8/h5-8H,1-4H2. The lowest BCUT2D eigenvalue weighted by Crippen LogP contribution is -2.02. The van der Waals surface area contributed by atoms with E-state index < -0.39 is 0 Å². The lowest BCUT2D eigenvalue weighted by Gasteiger charge is -2.07. The van der Waals surface area contributed by atoms with Crippen LogP contribution in [-0.4, -0.2) is 24.7 Å².